The number of carboxylic acid groups (broad SMARTS) is 1. The molecule has 0 saturated heterocycles. The molecule has 0 radical (unpaired) electrons. The van der Waals surface area contributed by atoms with Crippen LogP contribution in [0, 0.1) is 0 Å². The van der Waals surface area contributed by atoms with E-state index in [1.807, 2.05) is 0 Å². The van der Waals surface area contributed by atoms with Crippen molar-refractivity contribution in [2.75, 3.05) is 0 Å². The van der Waals surface area contributed by atoms with Crippen molar-refractivity contribution >= 4 is 12.3 Å². The van der Waals surface area contributed by atoms with Crippen molar-refractivity contribution < 1.29 is 27.9 Å². The van der Waals surface area contributed by atoms with E-state index >= 15 is 0 Å². The number of alkyl halides is 3. The number of aldehydes is 1. The third-order valence-corrected chi connectivity index (χ3v) is 1.51. The van der Waals surface area contributed by atoms with E-state index in [1.54, 1.807) is 0 Å². The molecule has 0 aliphatic rings. The first-order chi connectivity index (χ1) is 6.84. The Balaban J connectivity index is 3.36. The Kier molecular flexibility index (Phi) is 2.74. The second-order valence-corrected chi connectivity index (χ2v) is 2.59. The normalized spacial score (nSPS) is 11.1. The van der Waals surface area contributed by atoms with Gasteiger partial charge in [0, 0.05) is 0 Å². The molecule has 0 aliphatic carbocycles. The van der Waals surface area contributed by atoms with Crippen LogP contribution in [0.1, 0.15) is 26.5 Å². The van der Waals surface area contributed by atoms with Crippen LogP contribution in [0.15, 0.2) is 12.1 Å². The van der Waals surface area contributed by atoms with Crippen LogP contribution in [0.2, 0.25) is 0 Å². The Bertz CT molecular complexity index is 414. The first kappa shape index (κ1) is 11.2. The van der Waals surface area contributed by atoms with Crippen molar-refractivity contribution in [2.45, 2.75) is 6.18 Å². The van der Waals surface area contributed by atoms with Crippen molar-refractivity contribution in [3.05, 3.63) is 29.1 Å². The highest BCUT2D eigenvalue weighted by molar-refractivity contribution is 5.87. The Hall–Kier alpha value is -1.92. The summed E-state index contributed by atoms with van der Waals surface area (Å²) in [6, 6.07) is 0.856. The van der Waals surface area contributed by atoms with Crippen molar-refractivity contribution in [3.8, 4) is 0 Å². The predicted octanol–water partition coefficient (Wildman–Crippen LogP) is 1.61. The van der Waals surface area contributed by atoms with Crippen LogP contribution >= 0.6 is 0 Å². The molecule has 1 rings (SSSR count). The fourth-order valence-corrected chi connectivity index (χ4v) is 0.886. The summed E-state index contributed by atoms with van der Waals surface area (Å²) in [5, 5.41) is 8.45. The summed E-state index contributed by atoms with van der Waals surface area (Å²) in [7, 11) is 0. The number of aromatic carboxylic acids is 1. The summed E-state index contributed by atoms with van der Waals surface area (Å²) >= 11 is 0. The van der Waals surface area contributed by atoms with Gasteiger partial charge in [-0.05, 0) is 12.1 Å². The molecule has 0 amide bonds. The van der Waals surface area contributed by atoms with Crippen LogP contribution in [0.25, 0.3) is 0 Å². The molecule has 15 heavy (non-hydrogen) atoms. The Labute approximate surface area is 81.4 Å². The van der Waals surface area contributed by atoms with Gasteiger partial charge in [0.05, 0.1) is 5.56 Å². The van der Waals surface area contributed by atoms with Gasteiger partial charge in [-0.15, -0.1) is 0 Å². The van der Waals surface area contributed by atoms with E-state index in [4.69, 9.17) is 5.11 Å². The minimum absolute atomic E-state index is 0.0572. The van der Waals surface area contributed by atoms with Gasteiger partial charge in [0.2, 0.25) is 0 Å². The Morgan fingerprint density at radius 2 is 2.00 bits per heavy atom. The fourth-order valence-electron chi connectivity index (χ4n) is 0.886. The molecule has 1 aromatic rings. The van der Waals surface area contributed by atoms with Crippen LogP contribution in [0.4, 0.5) is 13.2 Å². The average molecular weight is 219 g/mol. The lowest BCUT2D eigenvalue weighted by Crippen LogP contribution is -2.11. The highest BCUT2D eigenvalue weighted by atomic mass is 19.4. The minimum Gasteiger partial charge on any atom is -0.477 e. The largest absolute Gasteiger partial charge is 0.477 e. The minimum atomic E-state index is -4.70. The number of hydrogen-bond donors (Lipinski definition) is 1. The number of carbonyl (C=O) groups is 2. The van der Waals surface area contributed by atoms with Gasteiger partial charge in [-0.25, -0.2) is 9.78 Å². The van der Waals surface area contributed by atoms with Gasteiger partial charge in [0.25, 0.3) is 0 Å². The van der Waals surface area contributed by atoms with Gasteiger partial charge in [0.1, 0.15) is 11.4 Å². The van der Waals surface area contributed by atoms with E-state index < -0.39 is 29.1 Å². The molecule has 1 aromatic heterocycles. The molecule has 0 aromatic carbocycles. The SMILES string of the molecule is O=Cc1cc(C(F)(F)F)cc(C(=O)O)n1. The summed E-state index contributed by atoms with van der Waals surface area (Å²) in [4.78, 5) is 23.8. The first-order valence-electron chi connectivity index (χ1n) is 3.62. The molecular formula is C8H4F3NO3. The van der Waals surface area contributed by atoms with Crippen LogP contribution in [-0.4, -0.2) is 22.3 Å². The highest BCUT2D eigenvalue weighted by Crippen LogP contribution is 2.29. The van der Waals surface area contributed by atoms with Gasteiger partial charge in [0.15, 0.2) is 6.29 Å². The molecule has 1 N–H and O–H groups in total. The van der Waals surface area contributed by atoms with Crippen LogP contribution in [0.3, 0.4) is 0 Å². The molecule has 0 saturated carbocycles. The van der Waals surface area contributed by atoms with E-state index in [1.165, 1.54) is 0 Å². The third-order valence-electron chi connectivity index (χ3n) is 1.51. The zero-order valence-corrected chi connectivity index (χ0v) is 7.08. The van der Waals surface area contributed by atoms with Crippen molar-refractivity contribution in [1.29, 1.82) is 0 Å². The quantitative estimate of drug-likeness (QED) is 0.767. The summed E-state index contributed by atoms with van der Waals surface area (Å²) in [6.45, 7) is 0. The number of carboxylic acids is 1. The van der Waals surface area contributed by atoms with Gasteiger partial charge in [-0.1, -0.05) is 0 Å². The molecule has 0 bridgehead atoms. The number of carbonyl (C=O) groups excluding carboxylic acids is 1. The maximum atomic E-state index is 12.2. The maximum absolute atomic E-state index is 12.2. The van der Waals surface area contributed by atoms with Crippen molar-refractivity contribution in [1.82, 2.24) is 4.98 Å². The van der Waals surface area contributed by atoms with E-state index in [0.717, 1.165) is 0 Å². The zero-order valence-electron chi connectivity index (χ0n) is 7.08. The summed E-state index contributed by atoms with van der Waals surface area (Å²) in [5.74, 6) is -1.62. The average Bonchev–Trinajstić information content (AvgIpc) is 2.15. The number of pyridine rings is 1. The van der Waals surface area contributed by atoms with Crippen LogP contribution in [-0.2, 0) is 6.18 Å². The van der Waals surface area contributed by atoms with Crippen molar-refractivity contribution in [3.63, 3.8) is 0 Å². The fraction of sp³-hybridized carbons (Fsp3) is 0.125. The molecular weight excluding hydrogens is 215 g/mol. The van der Waals surface area contributed by atoms with E-state index in [0.29, 0.717) is 12.1 Å². The van der Waals surface area contributed by atoms with Crippen LogP contribution in [0.5, 0.6) is 0 Å². The second-order valence-electron chi connectivity index (χ2n) is 2.59. The molecule has 4 nitrogen and oxygen atoms in total. The van der Waals surface area contributed by atoms with Gasteiger partial charge < -0.3 is 5.11 Å². The number of nitrogens with zero attached hydrogens (tertiary/aromatic N) is 1. The number of rotatable bonds is 2. The lowest BCUT2D eigenvalue weighted by atomic mass is 10.2. The summed E-state index contributed by atoms with van der Waals surface area (Å²) in [6.07, 6.45) is -4.65. The molecule has 1 heterocycles. The lowest BCUT2D eigenvalue weighted by molar-refractivity contribution is -0.137. The summed E-state index contributed by atoms with van der Waals surface area (Å²) < 4.78 is 36.6. The summed E-state index contributed by atoms with van der Waals surface area (Å²) in [5.41, 5.74) is -2.59. The molecule has 7 heteroatoms. The molecule has 0 atom stereocenters. The maximum Gasteiger partial charge on any atom is 0.416 e. The first-order valence-corrected chi connectivity index (χ1v) is 3.62. The highest BCUT2D eigenvalue weighted by Gasteiger charge is 2.32. The van der Waals surface area contributed by atoms with Gasteiger partial charge >= 0.3 is 12.1 Å². The molecule has 0 aliphatic heterocycles. The standard InChI is InChI=1S/C8H4F3NO3/c9-8(10,11)4-1-5(3-13)12-6(2-4)7(14)15/h1-3H,(H,14,15). The van der Waals surface area contributed by atoms with E-state index in [-0.39, 0.29) is 6.29 Å². The zero-order chi connectivity index (χ0) is 11.6. The van der Waals surface area contributed by atoms with Gasteiger partial charge in [-0.3, -0.25) is 4.79 Å². The van der Waals surface area contributed by atoms with E-state index in [9.17, 15) is 22.8 Å². The smallest absolute Gasteiger partial charge is 0.416 e. The van der Waals surface area contributed by atoms with Crippen LogP contribution < -0.4 is 0 Å². The number of hydrogen-bond acceptors (Lipinski definition) is 3. The lowest BCUT2D eigenvalue weighted by Gasteiger charge is -2.07. The Morgan fingerprint density at radius 1 is 1.40 bits per heavy atom. The van der Waals surface area contributed by atoms with E-state index in [2.05, 4.69) is 4.98 Å². The number of aromatic nitrogens is 1. The number of halogens is 3. The predicted molar refractivity (Wildman–Crippen MR) is 41.6 cm³/mol. The molecule has 0 fully saturated rings. The molecule has 0 unspecified atom stereocenters. The molecule has 0 spiro atoms. The topological polar surface area (TPSA) is 67.3 Å². The van der Waals surface area contributed by atoms with Gasteiger partial charge in [-0.2, -0.15) is 13.2 Å². The van der Waals surface area contributed by atoms with Crippen molar-refractivity contribution in [2.24, 2.45) is 0 Å². The molecule has 80 valence electrons. The third kappa shape index (κ3) is 2.52. The Morgan fingerprint density at radius 3 is 2.40 bits per heavy atom. The second kappa shape index (κ2) is 3.68. The monoisotopic (exact) mass is 219 g/mol.